The third-order valence-electron chi connectivity index (χ3n) is 24.8. The van der Waals surface area contributed by atoms with Crippen molar-refractivity contribution >= 4 is 37.6 Å². The minimum atomic E-state index is -3.42. The average Bonchev–Trinajstić information content (AvgIpc) is 1.76. The maximum absolute atomic E-state index is 15.6. The van der Waals surface area contributed by atoms with E-state index in [0.717, 1.165) is 160 Å². The van der Waals surface area contributed by atoms with Gasteiger partial charge in [0.1, 0.15) is 22.9 Å². The zero-order valence-electron chi connectivity index (χ0n) is 59.4. The minimum absolute atomic E-state index is 0.126. The molecule has 9 fully saturated rings. The number of benzene rings is 5. The standard InChI is InChI=1S/C33H45N3O5S.C28H37NO3S.C20H25ClFNO/c1-3-41-33(37)36-27-9-11-28(23-29(36)12-10-27)34-20-16-25(17-21-34)31-22-26(8-15-32(31)40-2)24-6-13-30(14-7-24)42(38,39)35-18-4-5-19-35;1-19(2)33(30,31)25-9-6-21(7-10-25)23-8-11-28(32-3)26(18-23)22-12-14-29(15-13-22)27-17-20-4-5-24(27)16-20;1-24-19-5-4-17(21)12-18(19)20(22)6-8-23(9-7-20)13-16-11-14-2-3-15(16)10-14/h6-8,13-15,22,25,27-29H,3-5,9-12,16-21,23H2,1-2H3;6-11,18-20,22,24,27H,4-5,12-17H2,1-3H3;2-5,12,14-16H,6-11,13H2,1H3/t;20-,24?,27-;14-,15?,16+/m.00/s1. The highest BCUT2D eigenvalue weighted by molar-refractivity contribution is 7.92. The first-order valence-electron chi connectivity index (χ1n) is 37.5. The van der Waals surface area contributed by atoms with Gasteiger partial charge in [-0.2, -0.15) is 4.31 Å². The van der Waals surface area contributed by atoms with Crippen molar-refractivity contribution in [2.45, 2.75) is 199 Å². The number of hydrogen-bond acceptors (Lipinski definition) is 12. The molecule has 6 bridgehead atoms. The van der Waals surface area contributed by atoms with Gasteiger partial charge in [-0.25, -0.2) is 26.0 Å². The number of piperidine rings is 3. The summed E-state index contributed by atoms with van der Waals surface area (Å²) in [5.41, 5.74) is 6.06. The van der Waals surface area contributed by atoms with Gasteiger partial charge in [0.25, 0.3) is 0 Å². The van der Waals surface area contributed by atoms with Gasteiger partial charge in [0, 0.05) is 67.5 Å². The molecule has 10 aliphatic rings. The van der Waals surface area contributed by atoms with Crippen molar-refractivity contribution in [3.05, 3.63) is 137 Å². The molecule has 5 aromatic rings. The van der Waals surface area contributed by atoms with Crippen LogP contribution in [0.25, 0.3) is 22.3 Å². The van der Waals surface area contributed by atoms with Crippen molar-refractivity contribution in [3.8, 4) is 39.5 Å². The number of likely N-dealkylation sites (tertiary alicyclic amines) is 3. The van der Waals surface area contributed by atoms with E-state index in [2.05, 4.69) is 68.1 Å². The molecule has 6 saturated heterocycles. The number of rotatable bonds is 17. The normalized spacial score (nSPS) is 27.4. The SMILES string of the molecule is CCOC(=O)N1C2CCC(N3CCC(c4cc(-c5ccc(S(=O)(=O)N6CCCC6)cc5)ccc4OC)CC3)CC1CC2.COc1ccc(-c2ccc(S(=O)(=O)C(C)C)cc2)cc1C1CCN([C@H]2C[C@H]3CCC2C3)CC1.COc1ccc(Cl)cc1C1(F)CCN(C[C@H]2C[C@H]3C=CC2C3)CC1. The Kier molecular flexibility index (Phi) is 22.6. The summed E-state index contributed by atoms with van der Waals surface area (Å²) >= 11 is 6.09. The number of sulfone groups is 1. The summed E-state index contributed by atoms with van der Waals surface area (Å²) in [4.78, 5) is 23.4. The number of ether oxygens (including phenoxy) is 4. The monoisotopic (exact) mass is 1410 g/mol. The molecule has 6 heterocycles. The van der Waals surface area contributed by atoms with Gasteiger partial charge in [-0.1, -0.05) is 66.6 Å². The van der Waals surface area contributed by atoms with Gasteiger partial charge < -0.3 is 38.5 Å². The van der Waals surface area contributed by atoms with E-state index in [0.29, 0.717) is 88.6 Å². The number of hydrogen-bond donors (Lipinski definition) is 0. The molecule has 3 saturated carbocycles. The van der Waals surface area contributed by atoms with E-state index in [1.54, 1.807) is 81.9 Å². The Morgan fingerprint density at radius 1 is 0.576 bits per heavy atom. The number of alkyl halides is 1. The summed E-state index contributed by atoms with van der Waals surface area (Å²) in [6.45, 7) is 14.2. The molecule has 0 spiro atoms. The predicted octanol–water partition coefficient (Wildman–Crippen LogP) is 16.6. The molecule has 5 unspecified atom stereocenters. The van der Waals surface area contributed by atoms with E-state index in [9.17, 15) is 21.6 Å². The maximum Gasteiger partial charge on any atom is 0.410 e. The Morgan fingerprint density at radius 2 is 1.13 bits per heavy atom. The lowest BCUT2D eigenvalue weighted by Gasteiger charge is -2.40. The molecule has 536 valence electrons. The second kappa shape index (κ2) is 31.2. The number of halogens is 2. The summed E-state index contributed by atoms with van der Waals surface area (Å²) in [6, 6.07) is 34.7. The van der Waals surface area contributed by atoms with Crippen LogP contribution in [-0.2, 0) is 30.3 Å². The van der Waals surface area contributed by atoms with Crippen LogP contribution in [0.3, 0.4) is 0 Å². The molecule has 0 radical (unpaired) electrons. The Hall–Kier alpha value is -5.53. The quantitative estimate of drug-likeness (QED) is 0.0819. The molecule has 9 atom stereocenters. The molecule has 0 aromatic heterocycles. The Balaban J connectivity index is 0.000000138. The number of methoxy groups -OCH3 is 3. The second-order valence-electron chi connectivity index (χ2n) is 30.6. The fourth-order valence-electron chi connectivity index (χ4n) is 19.2. The second-order valence-corrected chi connectivity index (χ2v) is 35.5. The van der Waals surface area contributed by atoms with E-state index in [4.69, 9.17) is 30.5 Å². The van der Waals surface area contributed by atoms with Gasteiger partial charge in [-0.15, -0.1) is 0 Å². The van der Waals surface area contributed by atoms with Gasteiger partial charge in [-0.3, -0.25) is 0 Å². The molecular formula is C81H107ClFN5O9S2. The lowest BCUT2D eigenvalue weighted by molar-refractivity contribution is 0.0451. The number of allylic oxidation sites excluding steroid dienone is 2. The van der Waals surface area contributed by atoms with Crippen LogP contribution in [0, 0.1) is 29.6 Å². The van der Waals surface area contributed by atoms with Crippen molar-refractivity contribution in [1.82, 2.24) is 23.9 Å². The summed E-state index contributed by atoms with van der Waals surface area (Å²) in [6.07, 6.45) is 26.0. The Bertz CT molecular complexity index is 3850. The maximum atomic E-state index is 15.6. The van der Waals surface area contributed by atoms with Crippen molar-refractivity contribution in [1.29, 1.82) is 0 Å². The summed E-state index contributed by atoms with van der Waals surface area (Å²) in [5.74, 6) is 7.70. The van der Waals surface area contributed by atoms with Gasteiger partial charge in [0.15, 0.2) is 9.84 Å². The third-order valence-corrected chi connectivity index (χ3v) is 29.1. The first-order chi connectivity index (χ1) is 47.8. The molecule has 18 heteroatoms. The highest BCUT2D eigenvalue weighted by atomic mass is 35.5. The molecular weight excluding hydrogens is 1310 g/mol. The smallest absolute Gasteiger partial charge is 0.410 e. The van der Waals surface area contributed by atoms with Crippen LogP contribution in [0.15, 0.2) is 125 Å². The third kappa shape index (κ3) is 15.7. The number of nitrogens with zero attached hydrogens (tertiary/aromatic N) is 5. The van der Waals surface area contributed by atoms with Crippen molar-refractivity contribution in [2.75, 3.05) is 86.8 Å². The van der Waals surface area contributed by atoms with Crippen LogP contribution in [0.5, 0.6) is 17.2 Å². The lowest BCUT2D eigenvalue weighted by Crippen LogP contribution is -2.44. The molecule has 1 amide bonds. The number of carbonyl (C=O) groups is 1. The van der Waals surface area contributed by atoms with Crippen LogP contribution in [0.1, 0.15) is 171 Å². The van der Waals surface area contributed by atoms with Crippen molar-refractivity contribution < 1.29 is 45.0 Å². The van der Waals surface area contributed by atoms with Crippen LogP contribution >= 0.6 is 11.6 Å². The first-order valence-corrected chi connectivity index (χ1v) is 40.9. The molecule has 6 aliphatic heterocycles. The summed E-state index contributed by atoms with van der Waals surface area (Å²) in [5, 5.41) is 0.153. The lowest BCUT2D eigenvalue weighted by atomic mass is 9.84. The van der Waals surface area contributed by atoms with E-state index in [-0.39, 0.29) is 6.09 Å². The summed E-state index contributed by atoms with van der Waals surface area (Å²) in [7, 11) is -1.59. The fourth-order valence-corrected chi connectivity index (χ4v) is 21.9. The highest BCUT2D eigenvalue weighted by Crippen LogP contribution is 2.50. The van der Waals surface area contributed by atoms with E-state index >= 15 is 4.39 Å². The molecule has 5 aromatic carbocycles. The Labute approximate surface area is 595 Å². The van der Waals surface area contributed by atoms with Gasteiger partial charge in [0.05, 0.1) is 43.0 Å². The topological polar surface area (TPSA) is 138 Å². The van der Waals surface area contributed by atoms with E-state index < -0.39 is 30.8 Å². The predicted molar refractivity (Wildman–Crippen MR) is 392 cm³/mol. The van der Waals surface area contributed by atoms with Crippen LogP contribution in [0.4, 0.5) is 9.18 Å². The van der Waals surface area contributed by atoms with Gasteiger partial charge >= 0.3 is 6.09 Å². The first kappa shape index (κ1) is 71.8. The van der Waals surface area contributed by atoms with Gasteiger partial charge in [-0.05, 0) is 304 Å². The van der Waals surface area contributed by atoms with E-state index in [1.165, 1.54) is 75.6 Å². The molecule has 14 nitrogen and oxygen atoms in total. The Morgan fingerprint density at radius 3 is 1.66 bits per heavy atom. The van der Waals surface area contributed by atoms with Crippen LogP contribution in [0.2, 0.25) is 5.02 Å². The van der Waals surface area contributed by atoms with Crippen LogP contribution < -0.4 is 14.2 Å². The number of amides is 1. The molecule has 0 N–H and O–H groups in total. The molecule has 4 aliphatic carbocycles. The highest BCUT2D eigenvalue weighted by Gasteiger charge is 2.46. The fraction of sp³-hybridized carbons (Fsp3) is 0.593. The van der Waals surface area contributed by atoms with E-state index in [1.807, 2.05) is 31.2 Å². The van der Waals surface area contributed by atoms with Gasteiger partial charge in [0.2, 0.25) is 10.0 Å². The molecule has 99 heavy (non-hydrogen) atoms. The molecule has 15 rings (SSSR count). The number of carbonyl (C=O) groups excluding carboxylic acids is 1. The van der Waals surface area contributed by atoms with Crippen molar-refractivity contribution in [2.24, 2.45) is 29.6 Å². The number of fused-ring (bicyclic) bond motifs is 6. The largest absolute Gasteiger partial charge is 0.496 e. The summed E-state index contributed by atoms with van der Waals surface area (Å²) < 4.78 is 90.4. The zero-order valence-corrected chi connectivity index (χ0v) is 61.8. The van der Waals surface area contributed by atoms with Crippen molar-refractivity contribution in [3.63, 3.8) is 0 Å². The minimum Gasteiger partial charge on any atom is -0.496 e. The zero-order chi connectivity index (χ0) is 69.2. The van der Waals surface area contributed by atoms with Crippen LogP contribution in [-0.4, -0.2) is 163 Å². The number of sulfonamides is 1. The average molecular weight is 1410 g/mol.